The third-order valence-corrected chi connectivity index (χ3v) is 4.51. The monoisotopic (exact) mass is 244 g/mol. The molecule has 1 atom stereocenters. The van der Waals surface area contributed by atoms with Gasteiger partial charge in [0.15, 0.2) is 0 Å². The molecule has 2 heteroatoms. The van der Waals surface area contributed by atoms with Crippen LogP contribution in [-0.4, -0.2) is 24.5 Å². The summed E-state index contributed by atoms with van der Waals surface area (Å²) in [4.78, 5) is 2.58. The fourth-order valence-electron chi connectivity index (χ4n) is 3.47. The molecule has 3 rings (SSSR count). The zero-order chi connectivity index (χ0) is 12.4. The van der Waals surface area contributed by atoms with Gasteiger partial charge in [0.25, 0.3) is 0 Å². The normalized spacial score (nSPS) is 24.2. The summed E-state index contributed by atoms with van der Waals surface area (Å²) in [6.45, 7) is 4.39. The number of hydrogen-bond donors (Lipinski definition) is 1. The van der Waals surface area contributed by atoms with E-state index in [-0.39, 0.29) is 0 Å². The van der Waals surface area contributed by atoms with E-state index in [1.807, 2.05) is 0 Å². The van der Waals surface area contributed by atoms with E-state index in [1.165, 1.54) is 50.8 Å². The van der Waals surface area contributed by atoms with Gasteiger partial charge in [-0.3, -0.25) is 4.90 Å². The molecular weight excluding hydrogens is 220 g/mol. The van der Waals surface area contributed by atoms with E-state index in [0.717, 1.165) is 13.1 Å². The Labute approximate surface area is 110 Å². The Morgan fingerprint density at radius 2 is 2.06 bits per heavy atom. The molecule has 0 aromatic heterocycles. The summed E-state index contributed by atoms with van der Waals surface area (Å²) in [6, 6.07) is 7.12. The summed E-state index contributed by atoms with van der Waals surface area (Å²) in [5, 5.41) is 0. The zero-order valence-corrected chi connectivity index (χ0v) is 11.2. The first-order chi connectivity index (χ1) is 8.85. The highest BCUT2D eigenvalue weighted by Gasteiger charge is 2.19. The lowest BCUT2D eigenvalue weighted by molar-refractivity contribution is 0.171. The molecule has 1 aliphatic carbocycles. The summed E-state index contributed by atoms with van der Waals surface area (Å²) < 4.78 is 0. The number of rotatable bonds is 3. The fourth-order valence-corrected chi connectivity index (χ4v) is 3.47. The maximum absolute atomic E-state index is 5.81. The molecule has 2 N–H and O–H groups in total. The van der Waals surface area contributed by atoms with E-state index >= 15 is 0 Å². The van der Waals surface area contributed by atoms with Crippen LogP contribution < -0.4 is 5.73 Å². The molecule has 98 valence electrons. The number of likely N-dealkylation sites (tertiary alicyclic amines) is 1. The van der Waals surface area contributed by atoms with Crippen LogP contribution in [0.2, 0.25) is 0 Å². The van der Waals surface area contributed by atoms with Crippen LogP contribution >= 0.6 is 0 Å². The van der Waals surface area contributed by atoms with Crippen LogP contribution in [0, 0.1) is 5.92 Å². The number of nitrogens with two attached hydrogens (primary N) is 1. The maximum atomic E-state index is 5.81. The minimum atomic E-state index is 0.716. The lowest BCUT2D eigenvalue weighted by Gasteiger charge is -2.32. The van der Waals surface area contributed by atoms with Gasteiger partial charge in [-0.1, -0.05) is 18.2 Å². The first-order valence-electron chi connectivity index (χ1n) is 7.38. The Kier molecular flexibility index (Phi) is 3.67. The van der Waals surface area contributed by atoms with Crippen molar-refractivity contribution in [2.45, 2.75) is 38.6 Å². The average Bonchev–Trinajstić information content (AvgIpc) is 2.86. The van der Waals surface area contributed by atoms with E-state index in [4.69, 9.17) is 5.73 Å². The molecule has 1 aromatic rings. The maximum Gasteiger partial charge on any atom is 0.0233 e. The Morgan fingerprint density at radius 1 is 1.17 bits per heavy atom. The molecule has 2 nitrogen and oxygen atoms in total. The Balaban J connectivity index is 1.65. The topological polar surface area (TPSA) is 29.3 Å². The second-order valence-electron chi connectivity index (χ2n) is 5.94. The van der Waals surface area contributed by atoms with Gasteiger partial charge in [-0.25, -0.2) is 0 Å². The van der Waals surface area contributed by atoms with Gasteiger partial charge in [-0.15, -0.1) is 0 Å². The van der Waals surface area contributed by atoms with Crippen LogP contribution in [0.15, 0.2) is 18.2 Å². The highest BCUT2D eigenvalue weighted by Crippen LogP contribution is 2.24. The number of aryl methyl sites for hydroxylation is 2. The van der Waals surface area contributed by atoms with Crippen LogP contribution in [-0.2, 0) is 19.4 Å². The van der Waals surface area contributed by atoms with Crippen molar-refractivity contribution in [2.24, 2.45) is 11.7 Å². The van der Waals surface area contributed by atoms with Crippen LogP contribution in [0.3, 0.4) is 0 Å². The number of hydrogen-bond acceptors (Lipinski definition) is 2. The van der Waals surface area contributed by atoms with Gasteiger partial charge >= 0.3 is 0 Å². The molecule has 1 saturated heterocycles. The van der Waals surface area contributed by atoms with E-state index in [0.29, 0.717) is 5.92 Å². The van der Waals surface area contributed by atoms with Gasteiger partial charge in [0.1, 0.15) is 0 Å². The molecular formula is C16H24N2. The molecule has 0 bridgehead atoms. The van der Waals surface area contributed by atoms with E-state index in [1.54, 1.807) is 11.1 Å². The summed E-state index contributed by atoms with van der Waals surface area (Å²) >= 11 is 0. The first-order valence-corrected chi connectivity index (χ1v) is 7.38. The van der Waals surface area contributed by atoms with Gasteiger partial charge in [0.2, 0.25) is 0 Å². The lowest BCUT2D eigenvalue weighted by Crippen LogP contribution is -2.37. The van der Waals surface area contributed by atoms with E-state index in [2.05, 4.69) is 23.1 Å². The SMILES string of the molecule is NCC1CCCN(Cc2ccc3c(c2)CCC3)C1. The molecule has 1 aromatic carbocycles. The third-order valence-electron chi connectivity index (χ3n) is 4.51. The van der Waals surface area contributed by atoms with Crippen molar-refractivity contribution in [3.8, 4) is 0 Å². The molecule has 0 spiro atoms. The van der Waals surface area contributed by atoms with Crippen LogP contribution in [0.25, 0.3) is 0 Å². The minimum absolute atomic E-state index is 0.716. The number of nitrogens with zero attached hydrogens (tertiary/aromatic N) is 1. The highest BCUT2D eigenvalue weighted by atomic mass is 15.1. The predicted octanol–water partition coefficient (Wildman–Crippen LogP) is 2.35. The second-order valence-corrected chi connectivity index (χ2v) is 5.94. The summed E-state index contributed by atoms with van der Waals surface area (Å²) in [5.41, 5.74) is 10.5. The molecule has 1 unspecified atom stereocenters. The lowest BCUT2D eigenvalue weighted by atomic mass is 9.97. The first kappa shape index (κ1) is 12.2. The van der Waals surface area contributed by atoms with Gasteiger partial charge in [0.05, 0.1) is 0 Å². The van der Waals surface area contributed by atoms with Crippen molar-refractivity contribution < 1.29 is 0 Å². The van der Waals surface area contributed by atoms with Crippen molar-refractivity contribution >= 4 is 0 Å². The van der Waals surface area contributed by atoms with Gasteiger partial charge < -0.3 is 5.73 Å². The molecule has 1 fully saturated rings. The number of piperidine rings is 1. The van der Waals surface area contributed by atoms with Crippen molar-refractivity contribution in [1.29, 1.82) is 0 Å². The standard InChI is InChI=1S/C16H24N2/c17-10-14-3-2-8-18(12-14)11-13-6-7-15-4-1-5-16(15)9-13/h6-7,9,14H,1-5,8,10-12,17H2. The molecule has 18 heavy (non-hydrogen) atoms. The summed E-state index contributed by atoms with van der Waals surface area (Å²) in [6.07, 6.45) is 6.55. The Hall–Kier alpha value is -0.860. The molecule has 1 aliphatic heterocycles. The quantitative estimate of drug-likeness (QED) is 0.884. The average molecular weight is 244 g/mol. The summed E-state index contributed by atoms with van der Waals surface area (Å²) in [5.74, 6) is 0.716. The minimum Gasteiger partial charge on any atom is -0.330 e. The largest absolute Gasteiger partial charge is 0.330 e. The molecule has 1 heterocycles. The molecule has 0 amide bonds. The van der Waals surface area contributed by atoms with E-state index in [9.17, 15) is 0 Å². The van der Waals surface area contributed by atoms with Gasteiger partial charge in [0, 0.05) is 13.1 Å². The Bertz CT molecular complexity index is 414. The highest BCUT2D eigenvalue weighted by molar-refractivity contribution is 5.35. The van der Waals surface area contributed by atoms with Crippen LogP contribution in [0.4, 0.5) is 0 Å². The van der Waals surface area contributed by atoms with Crippen LogP contribution in [0.5, 0.6) is 0 Å². The van der Waals surface area contributed by atoms with Gasteiger partial charge in [-0.05, 0) is 67.8 Å². The van der Waals surface area contributed by atoms with Crippen molar-refractivity contribution in [2.75, 3.05) is 19.6 Å². The molecule has 0 saturated carbocycles. The fraction of sp³-hybridized carbons (Fsp3) is 0.625. The van der Waals surface area contributed by atoms with Crippen molar-refractivity contribution in [3.63, 3.8) is 0 Å². The van der Waals surface area contributed by atoms with Crippen LogP contribution in [0.1, 0.15) is 36.0 Å². The zero-order valence-electron chi connectivity index (χ0n) is 11.2. The number of fused-ring (bicyclic) bond motifs is 1. The number of benzene rings is 1. The summed E-state index contributed by atoms with van der Waals surface area (Å²) in [7, 11) is 0. The van der Waals surface area contributed by atoms with Crippen molar-refractivity contribution in [3.05, 3.63) is 34.9 Å². The molecule has 2 aliphatic rings. The molecule has 0 radical (unpaired) electrons. The predicted molar refractivity (Wildman–Crippen MR) is 75.5 cm³/mol. The van der Waals surface area contributed by atoms with Gasteiger partial charge in [-0.2, -0.15) is 0 Å². The smallest absolute Gasteiger partial charge is 0.0233 e. The van der Waals surface area contributed by atoms with Crippen molar-refractivity contribution in [1.82, 2.24) is 4.90 Å². The third kappa shape index (κ3) is 2.60. The Morgan fingerprint density at radius 3 is 2.94 bits per heavy atom. The van der Waals surface area contributed by atoms with E-state index < -0.39 is 0 Å². The second kappa shape index (κ2) is 5.41.